The van der Waals surface area contributed by atoms with E-state index in [1.807, 2.05) is 0 Å². The molecule has 2 spiro atoms. The molecule has 0 aromatic carbocycles. The van der Waals surface area contributed by atoms with E-state index in [2.05, 4.69) is 36.7 Å². The van der Waals surface area contributed by atoms with Crippen LogP contribution in [-0.2, 0) is 0 Å². The van der Waals surface area contributed by atoms with Crippen molar-refractivity contribution in [3.8, 4) is 0 Å². The molecule has 1 atom stereocenters. The maximum Gasteiger partial charge on any atom is 0.0430 e. The van der Waals surface area contributed by atoms with Crippen LogP contribution in [0.3, 0.4) is 0 Å². The summed E-state index contributed by atoms with van der Waals surface area (Å²) in [6.45, 7) is 7.31. The summed E-state index contributed by atoms with van der Waals surface area (Å²) in [5.41, 5.74) is 1.84. The van der Waals surface area contributed by atoms with Crippen molar-refractivity contribution in [3.05, 3.63) is 0 Å². The second-order valence-corrected chi connectivity index (χ2v) is 8.32. The van der Waals surface area contributed by atoms with Crippen LogP contribution in [-0.4, -0.2) is 4.32 Å². The highest BCUT2D eigenvalue weighted by atomic mass is 79.9. The average molecular weight is 271 g/mol. The van der Waals surface area contributed by atoms with Crippen LogP contribution in [0.25, 0.3) is 0 Å². The molecule has 3 rings (SSSR count). The van der Waals surface area contributed by atoms with Crippen LogP contribution < -0.4 is 0 Å². The van der Waals surface area contributed by atoms with E-state index in [-0.39, 0.29) is 0 Å². The normalized spacial score (nSPS) is 40.8. The van der Waals surface area contributed by atoms with Crippen LogP contribution >= 0.6 is 15.9 Å². The smallest absolute Gasteiger partial charge is 0.0430 e. The third-order valence-electron chi connectivity index (χ3n) is 5.66. The van der Waals surface area contributed by atoms with Gasteiger partial charge in [0, 0.05) is 4.32 Å². The molecule has 0 bridgehead atoms. The Bertz CT molecular complexity index is 289. The van der Waals surface area contributed by atoms with E-state index in [9.17, 15) is 0 Å². The van der Waals surface area contributed by atoms with E-state index < -0.39 is 0 Å². The highest BCUT2D eigenvalue weighted by Gasteiger charge is 2.91. The third-order valence-corrected chi connectivity index (χ3v) is 8.37. The van der Waals surface area contributed by atoms with Crippen molar-refractivity contribution in [3.63, 3.8) is 0 Å². The zero-order valence-corrected chi connectivity index (χ0v) is 11.9. The Morgan fingerprint density at radius 2 is 1.27 bits per heavy atom. The molecule has 0 amide bonds. The monoisotopic (exact) mass is 270 g/mol. The molecule has 0 nitrogen and oxygen atoms in total. The lowest BCUT2D eigenvalue weighted by molar-refractivity contribution is 0.250. The summed E-state index contributed by atoms with van der Waals surface area (Å²) < 4.78 is 0.473. The van der Waals surface area contributed by atoms with Crippen molar-refractivity contribution in [1.29, 1.82) is 0 Å². The van der Waals surface area contributed by atoms with Gasteiger partial charge in [0.05, 0.1) is 0 Å². The van der Waals surface area contributed by atoms with E-state index in [1.54, 1.807) is 0 Å². The Morgan fingerprint density at radius 3 is 1.60 bits per heavy atom. The summed E-state index contributed by atoms with van der Waals surface area (Å²) in [5.74, 6) is 0. The largest absolute Gasteiger partial charge is 0.0835 e. The van der Waals surface area contributed by atoms with Crippen molar-refractivity contribution in [2.24, 2.45) is 16.2 Å². The summed E-state index contributed by atoms with van der Waals surface area (Å²) in [7, 11) is 0. The van der Waals surface area contributed by atoms with Crippen molar-refractivity contribution in [1.82, 2.24) is 0 Å². The first kappa shape index (κ1) is 10.6. The Labute approximate surface area is 102 Å². The van der Waals surface area contributed by atoms with E-state index >= 15 is 0 Å². The van der Waals surface area contributed by atoms with Gasteiger partial charge in [-0.05, 0) is 41.9 Å². The molecule has 3 fully saturated rings. The quantitative estimate of drug-likeness (QED) is 0.549. The van der Waals surface area contributed by atoms with Gasteiger partial charge in [-0.2, -0.15) is 0 Å². The van der Waals surface area contributed by atoms with E-state index in [0.717, 1.165) is 5.41 Å². The minimum atomic E-state index is 0.431. The molecule has 3 aliphatic carbocycles. The summed E-state index contributed by atoms with van der Waals surface area (Å²) in [6, 6.07) is 0. The van der Waals surface area contributed by atoms with Gasteiger partial charge in [-0.3, -0.25) is 0 Å². The van der Waals surface area contributed by atoms with Crippen molar-refractivity contribution >= 4 is 15.9 Å². The highest BCUT2D eigenvalue weighted by Crippen LogP contribution is 2.94. The fourth-order valence-corrected chi connectivity index (χ4v) is 6.61. The molecule has 1 unspecified atom stereocenters. The number of halogens is 1. The molecule has 3 aliphatic rings. The zero-order valence-electron chi connectivity index (χ0n) is 10.3. The van der Waals surface area contributed by atoms with Crippen LogP contribution in [0.2, 0.25) is 0 Å². The molecular formula is C14H23Br. The molecule has 0 aliphatic heterocycles. The van der Waals surface area contributed by atoms with Crippen LogP contribution in [0, 0.1) is 16.2 Å². The Kier molecular flexibility index (Phi) is 1.88. The van der Waals surface area contributed by atoms with E-state index in [4.69, 9.17) is 0 Å². The van der Waals surface area contributed by atoms with Crippen molar-refractivity contribution < 1.29 is 0 Å². The summed E-state index contributed by atoms with van der Waals surface area (Å²) in [5, 5.41) is 0. The van der Waals surface area contributed by atoms with Gasteiger partial charge in [-0.25, -0.2) is 0 Å². The molecular weight excluding hydrogens is 248 g/mol. The lowest BCUT2D eigenvalue weighted by Gasteiger charge is -2.34. The first-order chi connectivity index (χ1) is 6.91. The van der Waals surface area contributed by atoms with Crippen molar-refractivity contribution in [2.45, 2.75) is 70.0 Å². The van der Waals surface area contributed by atoms with Gasteiger partial charge in [-0.15, -0.1) is 0 Å². The number of fused-ring (bicyclic) bond motifs is 1. The Hall–Kier alpha value is 0.480. The topological polar surface area (TPSA) is 0 Å². The molecule has 86 valence electrons. The van der Waals surface area contributed by atoms with Gasteiger partial charge < -0.3 is 0 Å². The van der Waals surface area contributed by atoms with Crippen molar-refractivity contribution in [2.75, 3.05) is 0 Å². The lowest BCUT2D eigenvalue weighted by atomic mass is 9.77. The fraction of sp³-hybridized carbons (Fsp3) is 1.00. The molecule has 0 heterocycles. The Morgan fingerprint density at radius 1 is 0.800 bits per heavy atom. The van der Waals surface area contributed by atoms with Crippen LogP contribution in [0.15, 0.2) is 0 Å². The maximum atomic E-state index is 4.21. The zero-order chi connectivity index (χ0) is 10.9. The predicted octanol–water partition coefficient (Wildman–Crippen LogP) is 4.91. The van der Waals surface area contributed by atoms with Crippen LogP contribution in [0.1, 0.15) is 65.7 Å². The van der Waals surface area contributed by atoms with Crippen LogP contribution in [0.4, 0.5) is 0 Å². The third kappa shape index (κ3) is 0.921. The van der Waals surface area contributed by atoms with E-state index in [1.165, 1.54) is 44.9 Å². The predicted molar refractivity (Wildman–Crippen MR) is 68.3 cm³/mol. The molecule has 3 saturated carbocycles. The van der Waals surface area contributed by atoms with E-state index in [0.29, 0.717) is 15.2 Å². The molecule has 0 N–H and O–H groups in total. The number of alkyl halides is 1. The average Bonchev–Trinajstić information content (AvgIpc) is 3.02. The summed E-state index contributed by atoms with van der Waals surface area (Å²) >= 11 is 4.21. The van der Waals surface area contributed by atoms with Gasteiger partial charge in [0.25, 0.3) is 0 Å². The Balaban J connectivity index is 1.98. The van der Waals surface area contributed by atoms with Gasteiger partial charge in [-0.1, -0.05) is 56.0 Å². The summed E-state index contributed by atoms with van der Waals surface area (Å²) in [4.78, 5) is 0. The molecule has 15 heavy (non-hydrogen) atoms. The standard InChI is InChI=1S/C14H23Br/c1-11(2,3)14(15)12(13(14)9-10-13)7-5-4-6-8-12/h4-10H2,1-3H3. The van der Waals surface area contributed by atoms with Gasteiger partial charge >= 0.3 is 0 Å². The number of hydrogen-bond donors (Lipinski definition) is 0. The fourth-order valence-electron chi connectivity index (χ4n) is 5.15. The minimum absolute atomic E-state index is 0.431. The second-order valence-electron chi connectivity index (χ2n) is 7.13. The lowest BCUT2D eigenvalue weighted by Crippen LogP contribution is -2.30. The maximum absolute atomic E-state index is 4.21. The molecule has 0 saturated heterocycles. The van der Waals surface area contributed by atoms with Crippen LogP contribution in [0.5, 0.6) is 0 Å². The van der Waals surface area contributed by atoms with Gasteiger partial charge in [0.2, 0.25) is 0 Å². The SMILES string of the molecule is CC(C)(C)C1(Br)C2(CCCCC2)C12CC2. The van der Waals surface area contributed by atoms with Gasteiger partial charge in [0.15, 0.2) is 0 Å². The molecule has 0 radical (unpaired) electrons. The first-order valence-electron chi connectivity index (χ1n) is 6.60. The molecule has 1 heteroatoms. The van der Waals surface area contributed by atoms with Gasteiger partial charge in [0.1, 0.15) is 0 Å². The molecule has 0 aromatic rings. The summed E-state index contributed by atoms with van der Waals surface area (Å²) in [6.07, 6.45) is 10.4. The molecule has 0 aromatic heterocycles. The first-order valence-corrected chi connectivity index (χ1v) is 7.40. The number of hydrogen-bond acceptors (Lipinski definition) is 0. The minimum Gasteiger partial charge on any atom is -0.0835 e. The highest BCUT2D eigenvalue weighted by molar-refractivity contribution is 9.10. The number of rotatable bonds is 0. The second kappa shape index (κ2) is 2.66.